The lowest BCUT2D eigenvalue weighted by Crippen LogP contribution is -2.17. The number of fused-ring (bicyclic) bond motifs is 1. The molecular formula is C44H46N2OS. The minimum absolute atomic E-state index is 0.0646. The number of nitrogens with zero attached hydrogens (tertiary/aromatic N) is 2. The molecule has 6 rings (SSSR count). The summed E-state index contributed by atoms with van der Waals surface area (Å²) in [5, 5.41) is 12.3. The van der Waals surface area contributed by atoms with Gasteiger partial charge >= 0.3 is 0 Å². The zero-order chi connectivity index (χ0) is 34.4. The summed E-state index contributed by atoms with van der Waals surface area (Å²) in [6.07, 6.45) is 1.80. The Kier molecular flexibility index (Phi) is 8.68. The van der Waals surface area contributed by atoms with E-state index in [2.05, 4.69) is 147 Å². The molecule has 0 atom stereocenters. The molecule has 0 spiro atoms. The first-order valence-electron chi connectivity index (χ1n) is 16.7. The molecule has 244 valence electrons. The zero-order valence-electron chi connectivity index (χ0n) is 29.6. The first-order valence-corrected chi connectivity index (χ1v) is 17.5. The largest absolute Gasteiger partial charge is 0.507 e. The van der Waals surface area contributed by atoms with Crippen molar-refractivity contribution in [1.29, 1.82) is 0 Å². The lowest BCUT2D eigenvalue weighted by atomic mass is 9.79. The van der Waals surface area contributed by atoms with Gasteiger partial charge in [-0.1, -0.05) is 141 Å². The SMILES string of the molecule is CC(C)(C)c1ccc(-c2ccc(-c3cccc4sc(-c5ccccc5N=Cc5cc(C(C)(C)C)cc(C(C)(C)C)c5O)nc34)cc2)cc1. The van der Waals surface area contributed by atoms with Crippen LogP contribution < -0.4 is 0 Å². The molecule has 1 N–H and O–H groups in total. The number of para-hydroxylation sites is 2. The first kappa shape index (κ1) is 33.4. The van der Waals surface area contributed by atoms with Crippen LogP contribution >= 0.6 is 11.3 Å². The van der Waals surface area contributed by atoms with Crippen molar-refractivity contribution in [3.63, 3.8) is 0 Å². The van der Waals surface area contributed by atoms with Gasteiger partial charge in [-0.05, 0) is 68.3 Å². The number of rotatable bonds is 5. The molecule has 0 aliphatic rings. The third-order valence-electron chi connectivity index (χ3n) is 8.99. The first-order chi connectivity index (χ1) is 22.6. The van der Waals surface area contributed by atoms with Gasteiger partial charge in [-0.2, -0.15) is 0 Å². The Morgan fingerprint density at radius 3 is 1.81 bits per heavy atom. The van der Waals surface area contributed by atoms with Crippen molar-refractivity contribution in [2.45, 2.75) is 78.6 Å². The van der Waals surface area contributed by atoms with Crippen molar-refractivity contribution in [2.24, 2.45) is 4.99 Å². The number of aromatic hydroxyl groups is 1. The molecule has 1 heterocycles. The van der Waals surface area contributed by atoms with E-state index in [9.17, 15) is 5.11 Å². The van der Waals surface area contributed by atoms with E-state index in [-0.39, 0.29) is 22.0 Å². The quantitative estimate of drug-likeness (QED) is 0.189. The molecule has 3 nitrogen and oxygen atoms in total. The van der Waals surface area contributed by atoms with Crippen LogP contribution in [-0.4, -0.2) is 16.3 Å². The molecule has 0 saturated carbocycles. The Bertz CT molecular complexity index is 2110. The maximum Gasteiger partial charge on any atom is 0.128 e. The molecule has 0 fully saturated rings. The number of aliphatic imine (C=N–C) groups is 1. The molecule has 0 amide bonds. The van der Waals surface area contributed by atoms with Crippen LogP contribution in [0.3, 0.4) is 0 Å². The van der Waals surface area contributed by atoms with Crippen molar-refractivity contribution < 1.29 is 5.11 Å². The Morgan fingerprint density at radius 1 is 0.604 bits per heavy atom. The minimum Gasteiger partial charge on any atom is -0.507 e. The van der Waals surface area contributed by atoms with Gasteiger partial charge in [0.25, 0.3) is 0 Å². The maximum atomic E-state index is 11.3. The van der Waals surface area contributed by atoms with Crippen LogP contribution in [0.1, 0.15) is 84.6 Å². The summed E-state index contributed by atoms with van der Waals surface area (Å²) in [6, 6.07) is 36.4. The Hall–Kier alpha value is -4.54. The summed E-state index contributed by atoms with van der Waals surface area (Å²) < 4.78 is 1.13. The minimum atomic E-state index is -0.206. The Labute approximate surface area is 290 Å². The van der Waals surface area contributed by atoms with Gasteiger partial charge < -0.3 is 5.11 Å². The van der Waals surface area contributed by atoms with E-state index in [4.69, 9.17) is 9.98 Å². The maximum absolute atomic E-state index is 11.3. The van der Waals surface area contributed by atoms with Gasteiger partial charge in [0.15, 0.2) is 0 Å². The summed E-state index contributed by atoms with van der Waals surface area (Å²) in [6.45, 7) is 19.7. The summed E-state index contributed by atoms with van der Waals surface area (Å²) >= 11 is 1.68. The molecule has 0 aliphatic heterocycles. The molecule has 0 unspecified atom stereocenters. The smallest absolute Gasteiger partial charge is 0.128 e. The van der Waals surface area contributed by atoms with Gasteiger partial charge in [-0.3, -0.25) is 4.99 Å². The van der Waals surface area contributed by atoms with Crippen LogP contribution in [0.15, 0.2) is 108 Å². The molecule has 5 aromatic carbocycles. The highest BCUT2D eigenvalue weighted by atomic mass is 32.1. The molecule has 6 aromatic rings. The summed E-state index contributed by atoms with van der Waals surface area (Å²) in [5.74, 6) is 0.286. The van der Waals surface area contributed by atoms with E-state index < -0.39 is 0 Å². The second-order valence-electron chi connectivity index (χ2n) is 15.8. The number of phenolic OH excluding ortho intramolecular Hbond substituents is 1. The van der Waals surface area contributed by atoms with E-state index >= 15 is 0 Å². The molecule has 4 heteroatoms. The summed E-state index contributed by atoms with van der Waals surface area (Å²) in [7, 11) is 0. The van der Waals surface area contributed by atoms with Gasteiger partial charge in [0.2, 0.25) is 0 Å². The predicted octanol–water partition coefficient (Wildman–Crippen LogP) is 12.6. The molecule has 0 radical (unpaired) electrons. The average molecular weight is 651 g/mol. The number of aromatic nitrogens is 1. The third kappa shape index (κ3) is 6.86. The van der Waals surface area contributed by atoms with Gasteiger partial charge in [-0.25, -0.2) is 4.98 Å². The average Bonchev–Trinajstić information content (AvgIpc) is 3.48. The van der Waals surface area contributed by atoms with Crippen LogP contribution in [0.4, 0.5) is 5.69 Å². The number of thiazole rings is 1. The van der Waals surface area contributed by atoms with E-state index in [0.29, 0.717) is 0 Å². The number of hydrogen-bond acceptors (Lipinski definition) is 4. The standard InChI is InChI=1S/C44H46N2OS/c1-42(2,3)32-23-21-29(22-24-32)28-17-19-30(20-18-28)34-14-12-16-38-39(34)46-41(48-38)35-13-10-11-15-37(35)45-27-31-25-33(43(4,5)6)26-36(40(31)47)44(7,8)9/h10-27,47H,1-9H3. The fourth-order valence-electron chi connectivity index (χ4n) is 5.97. The van der Waals surface area contributed by atoms with Crippen molar-refractivity contribution in [1.82, 2.24) is 4.98 Å². The predicted molar refractivity (Wildman–Crippen MR) is 207 cm³/mol. The normalized spacial score (nSPS) is 12.7. The van der Waals surface area contributed by atoms with E-state index in [0.717, 1.165) is 48.7 Å². The fourth-order valence-corrected chi connectivity index (χ4v) is 6.99. The van der Waals surface area contributed by atoms with Gasteiger partial charge in [0.1, 0.15) is 10.8 Å². The third-order valence-corrected chi connectivity index (χ3v) is 10.0. The topological polar surface area (TPSA) is 45.5 Å². The van der Waals surface area contributed by atoms with E-state index in [1.807, 2.05) is 18.2 Å². The molecule has 48 heavy (non-hydrogen) atoms. The molecule has 0 saturated heterocycles. The van der Waals surface area contributed by atoms with Crippen LogP contribution in [0.5, 0.6) is 5.75 Å². The Balaban J connectivity index is 1.34. The van der Waals surface area contributed by atoms with E-state index in [1.165, 1.54) is 22.3 Å². The van der Waals surface area contributed by atoms with Gasteiger partial charge in [0, 0.05) is 28.5 Å². The zero-order valence-corrected chi connectivity index (χ0v) is 30.5. The van der Waals surface area contributed by atoms with Crippen molar-refractivity contribution in [3.05, 3.63) is 125 Å². The van der Waals surface area contributed by atoms with Crippen LogP contribution in [0, 0.1) is 0 Å². The van der Waals surface area contributed by atoms with Gasteiger partial charge in [0.05, 0.1) is 15.9 Å². The summed E-state index contributed by atoms with van der Waals surface area (Å²) in [4.78, 5) is 10.1. The van der Waals surface area contributed by atoms with Crippen LogP contribution in [0.25, 0.3) is 43.0 Å². The number of hydrogen-bond donors (Lipinski definition) is 1. The molecular weight excluding hydrogens is 605 g/mol. The van der Waals surface area contributed by atoms with Crippen molar-refractivity contribution >= 4 is 33.5 Å². The highest BCUT2D eigenvalue weighted by Crippen LogP contribution is 2.41. The van der Waals surface area contributed by atoms with Crippen molar-refractivity contribution in [2.75, 3.05) is 0 Å². The van der Waals surface area contributed by atoms with Crippen molar-refractivity contribution in [3.8, 4) is 38.6 Å². The molecule has 0 aliphatic carbocycles. The highest BCUT2D eigenvalue weighted by Gasteiger charge is 2.25. The van der Waals surface area contributed by atoms with Crippen LogP contribution in [0.2, 0.25) is 0 Å². The van der Waals surface area contributed by atoms with Gasteiger partial charge in [-0.15, -0.1) is 11.3 Å². The lowest BCUT2D eigenvalue weighted by Gasteiger charge is -2.27. The highest BCUT2D eigenvalue weighted by molar-refractivity contribution is 7.21. The fraction of sp³-hybridized carbons (Fsp3) is 0.273. The summed E-state index contributed by atoms with van der Waals surface area (Å²) in [5.41, 5.74) is 11.5. The number of benzene rings is 5. The second kappa shape index (κ2) is 12.5. The monoisotopic (exact) mass is 650 g/mol. The van der Waals surface area contributed by atoms with Crippen LogP contribution in [-0.2, 0) is 16.2 Å². The Morgan fingerprint density at radius 2 is 1.19 bits per heavy atom. The molecule has 1 aromatic heterocycles. The molecule has 0 bridgehead atoms. The number of phenols is 1. The second-order valence-corrected chi connectivity index (χ2v) is 16.8. The lowest BCUT2D eigenvalue weighted by molar-refractivity contribution is 0.444. The van der Waals surface area contributed by atoms with E-state index in [1.54, 1.807) is 17.6 Å².